The SMILES string of the molecule is C[Si](C)(C)CCOCn1c(C=C2CCCC2)cc2ncnc(Cl)c21. The van der Waals surface area contributed by atoms with Gasteiger partial charge in [0.2, 0.25) is 0 Å². The molecule has 2 aromatic rings. The fourth-order valence-electron chi connectivity index (χ4n) is 3.05. The van der Waals surface area contributed by atoms with Crippen molar-refractivity contribution in [1.29, 1.82) is 0 Å². The number of fused-ring (bicyclic) bond motifs is 1. The smallest absolute Gasteiger partial charge is 0.156 e. The van der Waals surface area contributed by atoms with Gasteiger partial charge in [-0.1, -0.05) is 36.8 Å². The van der Waals surface area contributed by atoms with Gasteiger partial charge in [-0.05, 0) is 43.9 Å². The average molecular weight is 364 g/mol. The Morgan fingerprint density at radius 2 is 2.00 bits per heavy atom. The quantitative estimate of drug-likeness (QED) is 0.394. The van der Waals surface area contributed by atoms with Crippen LogP contribution in [0.2, 0.25) is 30.8 Å². The van der Waals surface area contributed by atoms with Crippen molar-refractivity contribution >= 4 is 36.8 Å². The maximum Gasteiger partial charge on any atom is 0.156 e. The van der Waals surface area contributed by atoms with Crippen LogP contribution >= 0.6 is 11.6 Å². The molecule has 1 aliphatic carbocycles. The highest BCUT2D eigenvalue weighted by Gasteiger charge is 2.16. The van der Waals surface area contributed by atoms with E-state index in [-0.39, 0.29) is 0 Å². The van der Waals surface area contributed by atoms with E-state index in [9.17, 15) is 0 Å². The standard InChI is InChI=1S/C18H26ClN3OSi/c1-24(2,3)9-8-23-13-22-15(10-14-6-4-5-7-14)11-16-17(22)18(19)21-12-20-16/h10-12H,4-9,13H2,1-3H3. The number of hydrogen-bond donors (Lipinski definition) is 0. The predicted molar refractivity (Wildman–Crippen MR) is 103 cm³/mol. The zero-order valence-electron chi connectivity index (χ0n) is 14.8. The third-order valence-corrected chi connectivity index (χ3v) is 6.47. The molecule has 0 radical (unpaired) electrons. The summed E-state index contributed by atoms with van der Waals surface area (Å²) in [7, 11) is -1.08. The molecule has 0 saturated heterocycles. The van der Waals surface area contributed by atoms with Gasteiger partial charge in [0.1, 0.15) is 18.6 Å². The summed E-state index contributed by atoms with van der Waals surface area (Å²) in [5, 5.41) is 0.491. The largest absolute Gasteiger partial charge is 0.361 e. The Morgan fingerprint density at radius 3 is 2.71 bits per heavy atom. The normalized spacial score (nSPS) is 15.4. The van der Waals surface area contributed by atoms with Crippen LogP contribution in [-0.4, -0.2) is 29.2 Å². The number of halogens is 1. The molecule has 1 aliphatic rings. The van der Waals surface area contributed by atoms with Gasteiger partial charge in [-0.2, -0.15) is 0 Å². The molecule has 130 valence electrons. The van der Waals surface area contributed by atoms with Crippen LogP contribution in [-0.2, 0) is 11.5 Å². The summed E-state index contributed by atoms with van der Waals surface area (Å²) in [5.74, 6) is 0. The minimum absolute atomic E-state index is 0.491. The highest BCUT2D eigenvalue weighted by molar-refractivity contribution is 6.76. The van der Waals surface area contributed by atoms with Gasteiger partial charge in [-0.25, -0.2) is 9.97 Å². The Kier molecular flexibility index (Phi) is 5.42. The molecule has 0 atom stereocenters. The van der Waals surface area contributed by atoms with Crippen molar-refractivity contribution in [2.24, 2.45) is 0 Å². The lowest BCUT2D eigenvalue weighted by molar-refractivity contribution is 0.0898. The van der Waals surface area contributed by atoms with E-state index in [4.69, 9.17) is 16.3 Å². The fourth-order valence-corrected chi connectivity index (χ4v) is 4.05. The molecule has 0 N–H and O–H groups in total. The second-order valence-corrected chi connectivity index (χ2v) is 13.7. The molecule has 0 aromatic carbocycles. The average Bonchev–Trinajstić information content (AvgIpc) is 3.12. The summed E-state index contributed by atoms with van der Waals surface area (Å²) in [6.07, 6.45) is 8.77. The highest BCUT2D eigenvalue weighted by atomic mass is 35.5. The van der Waals surface area contributed by atoms with Crippen LogP contribution in [0.4, 0.5) is 0 Å². The second-order valence-electron chi connectivity index (χ2n) is 7.75. The highest BCUT2D eigenvalue weighted by Crippen LogP contribution is 2.29. The third-order valence-electron chi connectivity index (χ3n) is 4.49. The summed E-state index contributed by atoms with van der Waals surface area (Å²) < 4.78 is 8.09. The number of nitrogens with zero attached hydrogens (tertiary/aromatic N) is 3. The van der Waals surface area contributed by atoms with Gasteiger partial charge in [-0.3, -0.25) is 0 Å². The molecular formula is C18H26ClN3OSi. The lowest BCUT2D eigenvalue weighted by Gasteiger charge is -2.16. The van der Waals surface area contributed by atoms with E-state index in [0.717, 1.165) is 29.4 Å². The van der Waals surface area contributed by atoms with E-state index in [2.05, 4.69) is 46.3 Å². The predicted octanol–water partition coefficient (Wildman–Crippen LogP) is 5.35. The van der Waals surface area contributed by atoms with Crippen molar-refractivity contribution in [3.05, 3.63) is 28.8 Å². The van der Waals surface area contributed by atoms with Gasteiger partial charge < -0.3 is 9.30 Å². The van der Waals surface area contributed by atoms with Crippen LogP contribution in [0.3, 0.4) is 0 Å². The van der Waals surface area contributed by atoms with Crippen molar-refractivity contribution in [2.75, 3.05) is 6.61 Å². The molecule has 6 heteroatoms. The van der Waals surface area contributed by atoms with E-state index < -0.39 is 8.07 Å². The molecule has 1 saturated carbocycles. The molecule has 0 amide bonds. The monoisotopic (exact) mass is 363 g/mol. The fraction of sp³-hybridized carbons (Fsp3) is 0.556. The minimum atomic E-state index is -1.08. The van der Waals surface area contributed by atoms with Gasteiger partial charge in [0, 0.05) is 20.4 Å². The third kappa shape index (κ3) is 4.26. The van der Waals surface area contributed by atoms with E-state index >= 15 is 0 Å². The molecule has 4 nitrogen and oxygen atoms in total. The minimum Gasteiger partial charge on any atom is -0.361 e. The summed E-state index contributed by atoms with van der Waals surface area (Å²) in [6, 6.07) is 3.25. The Balaban J connectivity index is 1.86. The van der Waals surface area contributed by atoms with Crippen LogP contribution < -0.4 is 0 Å². The van der Waals surface area contributed by atoms with E-state index in [1.54, 1.807) is 0 Å². The molecular weight excluding hydrogens is 338 g/mol. The van der Waals surface area contributed by atoms with Crippen LogP contribution in [0.5, 0.6) is 0 Å². The summed E-state index contributed by atoms with van der Waals surface area (Å²) in [6.45, 7) is 8.38. The molecule has 0 spiro atoms. The van der Waals surface area contributed by atoms with Crippen LogP contribution in [0.1, 0.15) is 31.4 Å². The Morgan fingerprint density at radius 1 is 1.25 bits per heavy atom. The van der Waals surface area contributed by atoms with Crippen molar-refractivity contribution in [3.8, 4) is 0 Å². The van der Waals surface area contributed by atoms with Gasteiger partial charge in [0.05, 0.1) is 5.52 Å². The van der Waals surface area contributed by atoms with E-state index in [1.165, 1.54) is 37.6 Å². The Hall–Kier alpha value is -1.17. The molecule has 0 unspecified atom stereocenters. The maximum absolute atomic E-state index is 6.34. The van der Waals surface area contributed by atoms with Crippen molar-refractivity contribution in [2.45, 2.75) is 58.1 Å². The number of ether oxygens (including phenoxy) is 1. The number of rotatable bonds is 6. The molecule has 24 heavy (non-hydrogen) atoms. The van der Waals surface area contributed by atoms with Gasteiger partial charge in [0.15, 0.2) is 5.15 Å². The second kappa shape index (κ2) is 7.38. The van der Waals surface area contributed by atoms with E-state index in [1.807, 2.05) is 0 Å². The molecule has 0 bridgehead atoms. The Bertz CT molecular complexity index is 741. The number of hydrogen-bond acceptors (Lipinski definition) is 3. The zero-order valence-corrected chi connectivity index (χ0v) is 16.6. The molecule has 2 heterocycles. The topological polar surface area (TPSA) is 39.9 Å². The maximum atomic E-state index is 6.34. The summed E-state index contributed by atoms with van der Waals surface area (Å²) in [4.78, 5) is 8.52. The Labute approximate surface area is 149 Å². The summed E-state index contributed by atoms with van der Waals surface area (Å²) in [5.41, 5.74) is 4.38. The van der Waals surface area contributed by atoms with Gasteiger partial charge in [-0.15, -0.1) is 0 Å². The van der Waals surface area contributed by atoms with Gasteiger partial charge in [0.25, 0.3) is 0 Å². The van der Waals surface area contributed by atoms with Crippen LogP contribution in [0.15, 0.2) is 18.0 Å². The first-order valence-corrected chi connectivity index (χ1v) is 12.8. The first kappa shape index (κ1) is 17.6. The number of allylic oxidation sites excluding steroid dienone is 1. The van der Waals surface area contributed by atoms with Crippen LogP contribution in [0.25, 0.3) is 17.1 Å². The molecule has 0 aliphatic heterocycles. The first-order chi connectivity index (χ1) is 11.4. The lowest BCUT2D eigenvalue weighted by Crippen LogP contribution is -2.22. The van der Waals surface area contributed by atoms with Crippen molar-refractivity contribution < 1.29 is 4.74 Å². The molecule has 3 rings (SSSR count). The van der Waals surface area contributed by atoms with E-state index in [0.29, 0.717) is 11.9 Å². The van der Waals surface area contributed by atoms with Gasteiger partial charge >= 0.3 is 0 Å². The molecule has 1 fully saturated rings. The first-order valence-electron chi connectivity index (χ1n) is 8.71. The summed E-state index contributed by atoms with van der Waals surface area (Å²) >= 11 is 6.34. The number of aromatic nitrogens is 3. The van der Waals surface area contributed by atoms with Crippen LogP contribution in [0, 0.1) is 0 Å². The van der Waals surface area contributed by atoms with Crippen molar-refractivity contribution in [3.63, 3.8) is 0 Å². The molecule has 2 aromatic heterocycles. The lowest BCUT2D eigenvalue weighted by atomic mass is 10.2. The zero-order chi connectivity index (χ0) is 17.2. The van der Waals surface area contributed by atoms with Crippen molar-refractivity contribution in [1.82, 2.24) is 14.5 Å².